The Labute approximate surface area is 184 Å². The highest BCUT2D eigenvalue weighted by Crippen LogP contribution is 2.28. The number of rotatable bonds is 12. The number of aliphatic hydroxyl groups is 2. The van der Waals surface area contributed by atoms with Crippen molar-refractivity contribution in [3.05, 3.63) is 84.4 Å². The van der Waals surface area contributed by atoms with E-state index in [4.69, 9.17) is 18.9 Å². The minimum absolute atomic E-state index is 0.290. The molecule has 1 fully saturated rings. The molecule has 0 unspecified atom stereocenters. The Kier molecular flexibility index (Phi) is 9.68. The molecule has 3 rings (SSSR count). The second kappa shape index (κ2) is 12.7. The molecule has 6 heteroatoms. The van der Waals surface area contributed by atoms with E-state index in [1.807, 2.05) is 66.7 Å². The van der Waals surface area contributed by atoms with Crippen molar-refractivity contribution in [2.24, 2.45) is 0 Å². The van der Waals surface area contributed by atoms with Gasteiger partial charge in [0, 0.05) is 0 Å². The van der Waals surface area contributed by atoms with Gasteiger partial charge in [-0.2, -0.15) is 0 Å². The number of unbranched alkanes of at least 4 members (excludes halogenated alkanes) is 1. The van der Waals surface area contributed by atoms with Crippen LogP contribution in [0.15, 0.2) is 73.3 Å². The Hall–Kier alpha value is -2.06. The van der Waals surface area contributed by atoms with E-state index < -0.39 is 30.7 Å². The van der Waals surface area contributed by atoms with Gasteiger partial charge in [-0.1, -0.05) is 66.7 Å². The fourth-order valence-electron chi connectivity index (χ4n) is 3.52. The molecular formula is C25H32O6. The zero-order valence-corrected chi connectivity index (χ0v) is 17.7. The quantitative estimate of drug-likeness (QED) is 0.399. The Morgan fingerprint density at radius 1 is 0.871 bits per heavy atom. The van der Waals surface area contributed by atoms with E-state index in [0.29, 0.717) is 19.8 Å². The molecule has 5 atom stereocenters. The van der Waals surface area contributed by atoms with E-state index in [1.54, 1.807) is 0 Å². The van der Waals surface area contributed by atoms with Crippen molar-refractivity contribution in [2.45, 2.75) is 56.8 Å². The summed E-state index contributed by atoms with van der Waals surface area (Å²) < 4.78 is 23.9. The first-order valence-electron chi connectivity index (χ1n) is 10.7. The Balaban J connectivity index is 1.69. The van der Waals surface area contributed by atoms with Gasteiger partial charge in [-0.3, -0.25) is 0 Å². The lowest BCUT2D eigenvalue weighted by molar-refractivity contribution is -0.319. The number of allylic oxidation sites excluding steroid dienone is 1. The Bertz CT molecular complexity index is 753. The summed E-state index contributed by atoms with van der Waals surface area (Å²) in [5, 5.41) is 21.0. The number of ether oxygens (including phenoxy) is 4. The first-order valence-corrected chi connectivity index (χ1v) is 10.7. The third-order valence-electron chi connectivity index (χ3n) is 5.20. The fraction of sp³-hybridized carbons (Fsp3) is 0.440. The fourth-order valence-corrected chi connectivity index (χ4v) is 3.52. The van der Waals surface area contributed by atoms with Crippen LogP contribution in [0.2, 0.25) is 0 Å². The van der Waals surface area contributed by atoms with Crippen LogP contribution < -0.4 is 0 Å². The average Bonchev–Trinajstić information content (AvgIpc) is 2.81. The zero-order valence-electron chi connectivity index (χ0n) is 17.7. The monoisotopic (exact) mass is 428 g/mol. The highest BCUT2D eigenvalue weighted by Gasteiger charge is 2.47. The number of aliphatic hydroxyl groups excluding tert-OH is 2. The van der Waals surface area contributed by atoms with E-state index in [0.717, 1.165) is 24.0 Å². The van der Waals surface area contributed by atoms with E-state index in [9.17, 15) is 10.2 Å². The first kappa shape index (κ1) is 23.6. The van der Waals surface area contributed by atoms with Crippen molar-refractivity contribution < 1.29 is 29.2 Å². The molecular weight excluding hydrogens is 396 g/mol. The zero-order chi connectivity index (χ0) is 21.9. The molecule has 6 nitrogen and oxygen atoms in total. The van der Waals surface area contributed by atoms with E-state index in [-0.39, 0.29) is 6.61 Å². The summed E-state index contributed by atoms with van der Waals surface area (Å²) in [4.78, 5) is 0. The molecule has 0 aliphatic carbocycles. The summed E-state index contributed by atoms with van der Waals surface area (Å²) in [5.74, 6) is 0. The first-order chi connectivity index (χ1) is 15.2. The van der Waals surface area contributed by atoms with Gasteiger partial charge in [0.25, 0.3) is 0 Å². The van der Waals surface area contributed by atoms with Crippen LogP contribution in [0.1, 0.15) is 24.0 Å². The van der Waals surface area contributed by atoms with Crippen LogP contribution in [-0.4, -0.2) is 54.1 Å². The van der Waals surface area contributed by atoms with Crippen molar-refractivity contribution in [1.29, 1.82) is 0 Å². The van der Waals surface area contributed by atoms with Gasteiger partial charge in [0.15, 0.2) is 6.29 Å². The number of hydrogen-bond acceptors (Lipinski definition) is 6. The number of hydrogen-bond donors (Lipinski definition) is 2. The van der Waals surface area contributed by atoms with Gasteiger partial charge in [0.05, 0.1) is 26.4 Å². The molecule has 1 aliphatic rings. The van der Waals surface area contributed by atoms with E-state index >= 15 is 0 Å². The Morgan fingerprint density at radius 3 is 2.00 bits per heavy atom. The summed E-state index contributed by atoms with van der Waals surface area (Å²) in [6, 6.07) is 19.4. The predicted molar refractivity (Wildman–Crippen MR) is 117 cm³/mol. The van der Waals surface area contributed by atoms with Gasteiger partial charge >= 0.3 is 0 Å². The maximum atomic E-state index is 11.1. The molecule has 1 aliphatic heterocycles. The third-order valence-corrected chi connectivity index (χ3v) is 5.20. The lowest BCUT2D eigenvalue weighted by atomic mass is 9.98. The molecule has 1 saturated heterocycles. The molecule has 168 valence electrons. The van der Waals surface area contributed by atoms with Gasteiger partial charge < -0.3 is 29.2 Å². The van der Waals surface area contributed by atoms with Gasteiger partial charge in [-0.15, -0.1) is 6.58 Å². The van der Waals surface area contributed by atoms with Gasteiger partial charge in [0.1, 0.15) is 24.4 Å². The largest absolute Gasteiger partial charge is 0.394 e. The van der Waals surface area contributed by atoms with Crippen molar-refractivity contribution in [3.8, 4) is 0 Å². The summed E-state index contributed by atoms with van der Waals surface area (Å²) in [7, 11) is 0. The molecule has 0 saturated carbocycles. The molecule has 2 aromatic carbocycles. The van der Waals surface area contributed by atoms with Gasteiger partial charge in [-0.05, 0) is 24.0 Å². The van der Waals surface area contributed by atoms with Crippen LogP contribution in [-0.2, 0) is 32.2 Å². The molecule has 2 aromatic rings. The molecule has 0 radical (unpaired) electrons. The van der Waals surface area contributed by atoms with Crippen LogP contribution in [0.3, 0.4) is 0 Å². The highest BCUT2D eigenvalue weighted by atomic mass is 16.7. The minimum Gasteiger partial charge on any atom is -0.394 e. The molecule has 0 bridgehead atoms. The molecule has 0 aromatic heterocycles. The third kappa shape index (κ3) is 6.97. The SMILES string of the molecule is C=CCCCO[C@H]1O[C@H](CO)[C@@H](OCc2ccccc2)[C@H](O)[C@@H]1OCc1ccccc1. The normalized spacial score (nSPS) is 25.9. The van der Waals surface area contributed by atoms with Crippen molar-refractivity contribution in [3.63, 3.8) is 0 Å². The minimum atomic E-state index is -1.03. The summed E-state index contributed by atoms with van der Waals surface area (Å²) in [5.41, 5.74) is 1.95. The average molecular weight is 429 g/mol. The van der Waals surface area contributed by atoms with E-state index in [1.165, 1.54) is 0 Å². The van der Waals surface area contributed by atoms with Crippen molar-refractivity contribution >= 4 is 0 Å². The van der Waals surface area contributed by atoms with Crippen molar-refractivity contribution in [2.75, 3.05) is 13.2 Å². The smallest absolute Gasteiger partial charge is 0.186 e. The van der Waals surface area contributed by atoms with Gasteiger partial charge in [0.2, 0.25) is 0 Å². The maximum Gasteiger partial charge on any atom is 0.186 e. The van der Waals surface area contributed by atoms with Crippen LogP contribution >= 0.6 is 0 Å². The summed E-state index contributed by atoms with van der Waals surface area (Å²) in [6.45, 7) is 4.44. The standard InChI is InChI=1S/C25H32O6/c1-2-3-10-15-28-25-24(30-18-20-13-8-5-9-14-20)22(27)23(21(16-26)31-25)29-17-19-11-6-4-7-12-19/h2,4-9,11-14,21-27H,1,3,10,15-18H2/t21-,22+,23-,24+,25+/m1/s1. The number of benzene rings is 2. The van der Waals surface area contributed by atoms with Crippen LogP contribution in [0.5, 0.6) is 0 Å². The lowest BCUT2D eigenvalue weighted by Crippen LogP contribution is -2.60. The molecule has 0 amide bonds. The molecule has 31 heavy (non-hydrogen) atoms. The molecule has 2 N–H and O–H groups in total. The van der Waals surface area contributed by atoms with Crippen LogP contribution in [0.4, 0.5) is 0 Å². The topological polar surface area (TPSA) is 77.4 Å². The second-order valence-electron chi connectivity index (χ2n) is 7.54. The Morgan fingerprint density at radius 2 is 1.45 bits per heavy atom. The molecule has 0 spiro atoms. The maximum absolute atomic E-state index is 11.1. The summed E-state index contributed by atoms with van der Waals surface area (Å²) >= 11 is 0. The summed E-state index contributed by atoms with van der Waals surface area (Å²) in [6.07, 6.45) is -0.640. The van der Waals surface area contributed by atoms with E-state index in [2.05, 4.69) is 6.58 Å². The van der Waals surface area contributed by atoms with Crippen LogP contribution in [0.25, 0.3) is 0 Å². The predicted octanol–water partition coefficient (Wildman–Crippen LogP) is 3.22. The molecule has 1 heterocycles. The van der Waals surface area contributed by atoms with Gasteiger partial charge in [-0.25, -0.2) is 0 Å². The second-order valence-corrected chi connectivity index (χ2v) is 7.54. The van der Waals surface area contributed by atoms with Crippen LogP contribution in [0, 0.1) is 0 Å². The highest BCUT2D eigenvalue weighted by molar-refractivity contribution is 5.14. The van der Waals surface area contributed by atoms with Crippen molar-refractivity contribution in [1.82, 2.24) is 0 Å². The lowest BCUT2D eigenvalue weighted by Gasteiger charge is -2.43.